The molecule has 3 rings (SSSR count). The minimum Gasteiger partial charge on any atom is -0.475 e. The van der Waals surface area contributed by atoms with Crippen LogP contribution in [-0.4, -0.2) is 52.2 Å². The van der Waals surface area contributed by atoms with Crippen LogP contribution in [0.25, 0.3) is 5.82 Å². The number of benzene rings is 1. The van der Waals surface area contributed by atoms with Gasteiger partial charge in [0.25, 0.3) is 0 Å². The van der Waals surface area contributed by atoms with Gasteiger partial charge in [-0.2, -0.15) is 23.0 Å². The Morgan fingerprint density at radius 2 is 1.82 bits per heavy atom. The van der Waals surface area contributed by atoms with E-state index < -0.39 is 29.4 Å². The first-order valence-electron chi connectivity index (χ1n) is 11.8. The van der Waals surface area contributed by atoms with Gasteiger partial charge in [0.15, 0.2) is 5.82 Å². The zero-order valence-corrected chi connectivity index (χ0v) is 21.5. The van der Waals surface area contributed by atoms with Crippen LogP contribution in [0.15, 0.2) is 48.8 Å². The monoisotopic (exact) mass is 534 g/mol. The lowest BCUT2D eigenvalue weighted by Crippen LogP contribution is -2.34. The van der Waals surface area contributed by atoms with E-state index in [9.17, 15) is 22.8 Å². The number of alkyl halides is 3. The highest BCUT2D eigenvalue weighted by molar-refractivity contribution is 5.91. The quantitative estimate of drug-likeness (QED) is 0.306. The average Bonchev–Trinajstić information content (AvgIpc) is 3.25. The summed E-state index contributed by atoms with van der Waals surface area (Å²) in [5, 5.41) is 6.77. The molecule has 2 aromatic heterocycles. The van der Waals surface area contributed by atoms with Crippen molar-refractivity contribution in [2.24, 2.45) is 0 Å². The lowest BCUT2D eigenvalue weighted by Gasteiger charge is -2.19. The largest absolute Gasteiger partial charge is 0.475 e. The van der Waals surface area contributed by atoms with Crippen molar-refractivity contribution in [1.82, 2.24) is 20.1 Å². The minimum atomic E-state index is -4.44. The Morgan fingerprint density at radius 3 is 2.50 bits per heavy atom. The fourth-order valence-electron chi connectivity index (χ4n) is 3.38. The van der Waals surface area contributed by atoms with Gasteiger partial charge in [0.05, 0.1) is 24.9 Å². The maximum Gasteiger partial charge on any atom is 0.416 e. The normalized spacial score (nSPS) is 11.7. The molecule has 0 aliphatic heterocycles. The summed E-state index contributed by atoms with van der Waals surface area (Å²) in [7, 11) is 0. The summed E-state index contributed by atoms with van der Waals surface area (Å²) in [4.78, 5) is 28.6. The van der Waals surface area contributed by atoms with E-state index in [4.69, 9.17) is 14.2 Å². The minimum absolute atomic E-state index is 0.0265. The number of rotatable bonds is 9. The van der Waals surface area contributed by atoms with Crippen molar-refractivity contribution in [3.05, 3.63) is 71.0 Å². The Balaban J connectivity index is 1.81. The van der Waals surface area contributed by atoms with Gasteiger partial charge in [-0.15, -0.1) is 0 Å². The molecule has 0 saturated heterocycles. The Kier molecular flexibility index (Phi) is 8.97. The molecule has 0 aliphatic carbocycles. The number of pyridine rings is 1. The zero-order valence-electron chi connectivity index (χ0n) is 21.5. The molecule has 0 unspecified atom stereocenters. The number of esters is 1. The molecule has 0 atom stereocenters. The molecular formula is C26H29F3N4O5. The van der Waals surface area contributed by atoms with Gasteiger partial charge in [-0.05, 0) is 63.4 Å². The van der Waals surface area contributed by atoms with Gasteiger partial charge >= 0.3 is 18.2 Å². The number of nitrogens with zero attached hydrogens (tertiary/aromatic N) is 3. The lowest BCUT2D eigenvalue weighted by molar-refractivity contribution is -0.137. The summed E-state index contributed by atoms with van der Waals surface area (Å²) in [6, 6.07) is 8.38. The third-order valence-corrected chi connectivity index (χ3v) is 4.92. The molecule has 0 spiro atoms. The first kappa shape index (κ1) is 28.5. The lowest BCUT2D eigenvalue weighted by atomic mass is 10.0. The number of carbonyl (C=O) groups excluding carboxylic acids is 2. The summed E-state index contributed by atoms with van der Waals surface area (Å²) >= 11 is 0. The van der Waals surface area contributed by atoms with Crippen molar-refractivity contribution in [3.8, 4) is 11.7 Å². The first-order chi connectivity index (χ1) is 17.9. The number of carbonyl (C=O) groups is 2. The van der Waals surface area contributed by atoms with E-state index >= 15 is 0 Å². The van der Waals surface area contributed by atoms with Crippen LogP contribution < -0.4 is 10.1 Å². The van der Waals surface area contributed by atoms with Crippen LogP contribution >= 0.6 is 0 Å². The molecule has 1 aromatic carbocycles. The molecule has 0 saturated carbocycles. The maximum absolute atomic E-state index is 13.1. The Bertz CT molecular complexity index is 1270. The molecular weight excluding hydrogens is 505 g/mol. The standard InChI is InChI=1S/C26H29F3N4O5/c1-5-36-23(34)20-16-32-33(22(20)37-12-11-31-24(35)38-25(2,3)4)21-15-18(9-10-30-21)13-17-7-6-8-19(14-17)26(27,28)29/h6-10,14-16H,5,11-13H2,1-4H3,(H,31,35). The van der Waals surface area contributed by atoms with Gasteiger partial charge in [0, 0.05) is 6.20 Å². The number of alkyl carbamates (subject to hydrolysis) is 1. The van der Waals surface area contributed by atoms with Gasteiger partial charge in [-0.3, -0.25) is 0 Å². The number of amides is 1. The Morgan fingerprint density at radius 1 is 1.08 bits per heavy atom. The highest BCUT2D eigenvalue weighted by Gasteiger charge is 2.30. The van der Waals surface area contributed by atoms with E-state index in [2.05, 4.69) is 15.4 Å². The molecule has 0 bridgehead atoms. The van der Waals surface area contributed by atoms with Crippen LogP contribution in [0.2, 0.25) is 0 Å². The number of aromatic nitrogens is 3. The van der Waals surface area contributed by atoms with Crippen LogP contribution in [0.1, 0.15) is 54.7 Å². The fraction of sp³-hybridized carbons (Fsp3) is 0.385. The van der Waals surface area contributed by atoms with Crippen molar-refractivity contribution in [2.45, 2.75) is 45.9 Å². The third kappa shape index (κ3) is 7.95. The second-order valence-electron chi connectivity index (χ2n) is 9.17. The second-order valence-corrected chi connectivity index (χ2v) is 9.17. The van der Waals surface area contributed by atoms with E-state index in [1.165, 1.54) is 23.1 Å². The molecule has 0 aliphatic rings. The molecule has 12 heteroatoms. The number of nitrogens with one attached hydrogen (secondary N) is 1. The second kappa shape index (κ2) is 12.0. The fourth-order valence-corrected chi connectivity index (χ4v) is 3.38. The van der Waals surface area contributed by atoms with Crippen LogP contribution in [0.4, 0.5) is 18.0 Å². The van der Waals surface area contributed by atoms with Crippen molar-refractivity contribution >= 4 is 12.1 Å². The summed E-state index contributed by atoms with van der Waals surface area (Å²) < 4.78 is 56.6. The zero-order chi connectivity index (χ0) is 27.9. The van der Waals surface area contributed by atoms with Gasteiger partial charge in [0.2, 0.25) is 5.88 Å². The van der Waals surface area contributed by atoms with Crippen LogP contribution in [0, 0.1) is 0 Å². The topological polar surface area (TPSA) is 105 Å². The molecule has 9 nitrogen and oxygen atoms in total. The molecule has 0 fully saturated rings. The number of halogens is 3. The van der Waals surface area contributed by atoms with Gasteiger partial charge in [0.1, 0.15) is 17.8 Å². The molecule has 1 amide bonds. The van der Waals surface area contributed by atoms with E-state index in [1.54, 1.807) is 45.9 Å². The van der Waals surface area contributed by atoms with E-state index in [-0.39, 0.29) is 43.4 Å². The number of hydrogen-bond acceptors (Lipinski definition) is 7. The van der Waals surface area contributed by atoms with Crippen LogP contribution in [0.5, 0.6) is 5.88 Å². The highest BCUT2D eigenvalue weighted by atomic mass is 19.4. The average molecular weight is 535 g/mol. The van der Waals surface area contributed by atoms with E-state index in [0.717, 1.165) is 12.1 Å². The number of ether oxygens (including phenoxy) is 3. The number of hydrogen-bond donors (Lipinski definition) is 1. The van der Waals surface area contributed by atoms with Gasteiger partial charge in [-0.25, -0.2) is 14.6 Å². The molecule has 3 aromatic rings. The third-order valence-electron chi connectivity index (χ3n) is 4.92. The summed E-state index contributed by atoms with van der Waals surface area (Å²) in [5.74, 6) is -0.341. The predicted octanol–water partition coefficient (Wildman–Crippen LogP) is 4.96. The Hall–Kier alpha value is -4.09. The smallest absolute Gasteiger partial charge is 0.416 e. The molecule has 1 N–H and O–H groups in total. The molecule has 0 radical (unpaired) electrons. The predicted molar refractivity (Wildman–Crippen MR) is 131 cm³/mol. The van der Waals surface area contributed by atoms with Crippen molar-refractivity contribution in [1.29, 1.82) is 0 Å². The molecule has 38 heavy (non-hydrogen) atoms. The molecule has 2 heterocycles. The molecule has 204 valence electrons. The van der Waals surface area contributed by atoms with Crippen molar-refractivity contribution in [3.63, 3.8) is 0 Å². The van der Waals surface area contributed by atoms with Crippen molar-refractivity contribution in [2.75, 3.05) is 19.8 Å². The van der Waals surface area contributed by atoms with Crippen molar-refractivity contribution < 1.29 is 37.0 Å². The highest BCUT2D eigenvalue weighted by Crippen LogP contribution is 2.30. The van der Waals surface area contributed by atoms with Crippen LogP contribution in [-0.2, 0) is 22.1 Å². The summed E-state index contributed by atoms with van der Waals surface area (Å²) in [6.45, 7) is 7.05. The van der Waals surface area contributed by atoms with Crippen LogP contribution in [0.3, 0.4) is 0 Å². The maximum atomic E-state index is 13.1. The summed E-state index contributed by atoms with van der Waals surface area (Å²) in [5.41, 5.74) is -0.208. The first-order valence-corrected chi connectivity index (χ1v) is 11.8. The summed E-state index contributed by atoms with van der Waals surface area (Å²) in [6.07, 6.45) is -2.10. The van der Waals surface area contributed by atoms with E-state index in [0.29, 0.717) is 11.1 Å². The Labute approximate surface area is 217 Å². The SMILES string of the molecule is CCOC(=O)c1cnn(-c2cc(Cc3cccc(C(F)(F)F)c3)ccn2)c1OCCNC(=O)OC(C)(C)C. The van der Waals surface area contributed by atoms with Gasteiger partial charge in [-0.1, -0.05) is 18.2 Å². The van der Waals surface area contributed by atoms with Gasteiger partial charge < -0.3 is 19.5 Å². The van der Waals surface area contributed by atoms with E-state index in [1.807, 2.05) is 0 Å².